The van der Waals surface area contributed by atoms with Gasteiger partial charge in [-0.15, -0.1) is 11.8 Å². The van der Waals surface area contributed by atoms with Crippen molar-refractivity contribution in [2.24, 2.45) is 10.7 Å². The van der Waals surface area contributed by atoms with E-state index in [9.17, 15) is 30.0 Å². The summed E-state index contributed by atoms with van der Waals surface area (Å²) < 4.78 is 5.91. The van der Waals surface area contributed by atoms with Crippen LogP contribution in [-0.2, 0) is 14.3 Å². The van der Waals surface area contributed by atoms with E-state index in [1.165, 1.54) is 27.7 Å². The Hall–Kier alpha value is -1.28. The molecular weight excluding hydrogens is 452 g/mol. The van der Waals surface area contributed by atoms with Crippen molar-refractivity contribution < 1.29 is 34.8 Å². The van der Waals surface area contributed by atoms with Crippen LogP contribution < -0.4 is 16.4 Å². The molecule has 6 atom stereocenters. The SMILES string of the molecule is CNC(CCC(=O)NCCN=C(N)CSC1(C)OC(C)(CO)C(C)(O)C(C)(O)C1O)C(C)=O. The highest BCUT2D eigenvalue weighted by Gasteiger charge is 2.68. The van der Waals surface area contributed by atoms with Crippen LogP contribution in [0.1, 0.15) is 47.5 Å². The van der Waals surface area contributed by atoms with E-state index in [4.69, 9.17) is 10.5 Å². The van der Waals surface area contributed by atoms with Crippen LogP contribution in [0.25, 0.3) is 0 Å². The number of likely N-dealkylation sites (N-methyl/N-ethyl adjacent to an activating group) is 1. The fraction of sp³-hybridized carbons (Fsp3) is 0.857. The fourth-order valence-electron chi connectivity index (χ4n) is 3.78. The second-order valence-electron chi connectivity index (χ2n) is 9.13. The van der Waals surface area contributed by atoms with Gasteiger partial charge < -0.3 is 41.5 Å². The van der Waals surface area contributed by atoms with Crippen molar-refractivity contribution in [3.8, 4) is 0 Å². The first kappa shape index (κ1) is 29.8. The van der Waals surface area contributed by atoms with E-state index >= 15 is 0 Å². The van der Waals surface area contributed by atoms with Gasteiger partial charge in [-0.05, 0) is 48.1 Å². The monoisotopic (exact) mass is 492 g/mol. The predicted molar refractivity (Wildman–Crippen MR) is 127 cm³/mol. The zero-order valence-electron chi connectivity index (χ0n) is 20.3. The molecule has 0 aromatic heterocycles. The Bertz CT molecular complexity index is 727. The Morgan fingerprint density at radius 3 is 2.36 bits per heavy atom. The first-order chi connectivity index (χ1) is 15.1. The molecule has 1 aliphatic rings. The van der Waals surface area contributed by atoms with E-state index in [0.29, 0.717) is 6.42 Å². The van der Waals surface area contributed by atoms with Gasteiger partial charge in [0, 0.05) is 13.0 Å². The molecule has 0 aromatic rings. The first-order valence-corrected chi connectivity index (χ1v) is 11.9. The maximum Gasteiger partial charge on any atom is 0.220 e. The van der Waals surface area contributed by atoms with Gasteiger partial charge >= 0.3 is 0 Å². The second kappa shape index (κ2) is 11.4. The first-order valence-electron chi connectivity index (χ1n) is 10.9. The van der Waals surface area contributed by atoms with Gasteiger partial charge in [0.25, 0.3) is 0 Å². The molecule has 12 heteroatoms. The van der Waals surface area contributed by atoms with E-state index in [0.717, 1.165) is 11.8 Å². The molecule has 1 rings (SSSR count). The van der Waals surface area contributed by atoms with Gasteiger partial charge in [-0.2, -0.15) is 0 Å². The number of hydrogen-bond acceptors (Lipinski definition) is 10. The Kier molecular flexibility index (Phi) is 10.3. The largest absolute Gasteiger partial charge is 0.393 e. The molecule has 0 spiro atoms. The maximum atomic E-state index is 11.9. The van der Waals surface area contributed by atoms with Crippen LogP contribution in [0.4, 0.5) is 0 Å². The topological polar surface area (TPSA) is 187 Å². The van der Waals surface area contributed by atoms with Crippen molar-refractivity contribution in [3.63, 3.8) is 0 Å². The smallest absolute Gasteiger partial charge is 0.220 e. The van der Waals surface area contributed by atoms with Gasteiger partial charge in [-0.25, -0.2) is 0 Å². The van der Waals surface area contributed by atoms with Crippen LogP contribution in [0.15, 0.2) is 4.99 Å². The normalized spacial score (nSPS) is 35.8. The molecule has 1 heterocycles. The Morgan fingerprint density at radius 2 is 1.85 bits per heavy atom. The number of amides is 1. The Labute approximate surface area is 199 Å². The molecule has 0 aliphatic carbocycles. The number of ketones is 1. The van der Waals surface area contributed by atoms with Gasteiger partial charge in [-0.1, -0.05) is 0 Å². The number of nitrogens with zero attached hydrogens (tertiary/aromatic N) is 1. The number of carbonyl (C=O) groups excluding carboxylic acids is 2. The van der Waals surface area contributed by atoms with E-state index in [-0.39, 0.29) is 48.8 Å². The van der Waals surface area contributed by atoms with Crippen LogP contribution in [0.2, 0.25) is 0 Å². The summed E-state index contributed by atoms with van der Waals surface area (Å²) in [5.74, 6) is 0.165. The molecule has 33 heavy (non-hydrogen) atoms. The van der Waals surface area contributed by atoms with Crippen LogP contribution in [0.3, 0.4) is 0 Å². The molecule has 8 N–H and O–H groups in total. The molecule has 0 aromatic carbocycles. The zero-order chi connectivity index (χ0) is 25.7. The minimum absolute atomic E-state index is 0.0228. The van der Waals surface area contributed by atoms with E-state index in [1.807, 2.05) is 0 Å². The summed E-state index contributed by atoms with van der Waals surface area (Å²) in [6, 6.07) is -0.350. The number of aliphatic imine (C=N–C) groups is 1. The van der Waals surface area contributed by atoms with Gasteiger partial charge in [0.05, 0.1) is 24.9 Å². The zero-order valence-corrected chi connectivity index (χ0v) is 21.2. The Balaban J connectivity index is 2.61. The van der Waals surface area contributed by atoms with Crippen molar-refractivity contribution >= 4 is 29.3 Å². The highest BCUT2D eigenvalue weighted by Crippen LogP contribution is 2.51. The Morgan fingerprint density at radius 1 is 1.24 bits per heavy atom. The molecule has 1 saturated heterocycles. The third-order valence-corrected chi connectivity index (χ3v) is 7.85. The molecule has 11 nitrogen and oxygen atoms in total. The molecule has 0 bridgehead atoms. The van der Waals surface area contributed by atoms with Crippen molar-refractivity contribution in [1.29, 1.82) is 0 Å². The number of carbonyl (C=O) groups is 2. The molecule has 1 aliphatic heterocycles. The summed E-state index contributed by atoms with van der Waals surface area (Å²) in [5.41, 5.74) is 0.512. The van der Waals surface area contributed by atoms with E-state index in [2.05, 4.69) is 15.6 Å². The number of thioether (sulfide) groups is 1. The lowest BCUT2D eigenvalue weighted by Crippen LogP contribution is -2.79. The van der Waals surface area contributed by atoms with Crippen LogP contribution >= 0.6 is 11.8 Å². The average Bonchev–Trinajstić information content (AvgIpc) is 2.73. The number of hydrogen-bond donors (Lipinski definition) is 7. The summed E-state index contributed by atoms with van der Waals surface area (Å²) in [4.78, 5) is 26.1. The highest BCUT2D eigenvalue weighted by atomic mass is 32.2. The number of ether oxygens (including phenoxy) is 1. The molecule has 192 valence electrons. The number of nitrogens with one attached hydrogen (secondary N) is 2. The summed E-state index contributed by atoms with van der Waals surface area (Å²) in [6.45, 7) is 7.01. The number of rotatable bonds is 12. The molecule has 1 amide bonds. The lowest BCUT2D eigenvalue weighted by molar-refractivity contribution is -0.350. The van der Waals surface area contributed by atoms with Crippen molar-refractivity contribution in [1.82, 2.24) is 10.6 Å². The number of aliphatic hydroxyl groups excluding tert-OH is 2. The molecular formula is C21H40N4O7S. The summed E-state index contributed by atoms with van der Waals surface area (Å²) in [6.07, 6.45) is -0.876. The van der Waals surface area contributed by atoms with E-state index < -0.39 is 34.4 Å². The quantitative estimate of drug-likeness (QED) is 0.0961. The molecule has 1 fully saturated rings. The molecule has 6 unspecified atom stereocenters. The van der Waals surface area contributed by atoms with Gasteiger partial charge in [0.2, 0.25) is 5.91 Å². The lowest BCUT2D eigenvalue weighted by atomic mass is 9.67. The van der Waals surface area contributed by atoms with Gasteiger partial charge in [0.15, 0.2) is 0 Å². The number of aliphatic hydroxyl groups is 4. The number of Topliss-reactive ketones (excluding diaryl/α,β-unsaturated/α-hetero) is 1. The van der Waals surface area contributed by atoms with Crippen LogP contribution in [0, 0.1) is 0 Å². The van der Waals surface area contributed by atoms with Crippen LogP contribution in [-0.4, -0.2) is 104 Å². The predicted octanol–water partition coefficient (Wildman–Crippen LogP) is -1.49. The third kappa shape index (κ3) is 6.65. The summed E-state index contributed by atoms with van der Waals surface area (Å²) in [5, 5.41) is 47.8. The second-order valence-corrected chi connectivity index (χ2v) is 10.5. The van der Waals surface area contributed by atoms with Gasteiger partial charge in [-0.3, -0.25) is 14.6 Å². The van der Waals surface area contributed by atoms with Crippen molar-refractivity contribution in [2.45, 2.75) is 81.3 Å². The summed E-state index contributed by atoms with van der Waals surface area (Å²) >= 11 is 1.08. The fourth-order valence-corrected chi connectivity index (χ4v) is 4.94. The maximum absolute atomic E-state index is 11.9. The highest BCUT2D eigenvalue weighted by molar-refractivity contribution is 8.01. The average molecular weight is 493 g/mol. The molecule has 0 saturated carbocycles. The number of nitrogens with two attached hydrogens (primary N) is 1. The minimum atomic E-state index is -1.98. The summed E-state index contributed by atoms with van der Waals surface area (Å²) in [7, 11) is 1.67. The van der Waals surface area contributed by atoms with Crippen molar-refractivity contribution in [3.05, 3.63) is 0 Å². The van der Waals surface area contributed by atoms with Crippen molar-refractivity contribution in [2.75, 3.05) is 32.5 Å². The van der Waals surface area contributed by atoms with Gasteiger partial charge in [0.1, 0.15) is 39.5 Å². The van der Waals surface area contributed by atoms with Crippen LogP contribution in [0.5, 0.6) is 0 Å². The third-order valence-electron chi connectivity index (χ3n) is 6.53. The standard InChI is InChI=1S/C21H40N4O7S/c1-13(27)14(23-6)7-8-16(28)25-10-9-24-15(22)11-33-20(4)17(29)19(3,30)21(5,31)18(2,12-26)32-20/h14,17,23,26,29-31H,7-12H2,1-6H3,(H2,22,24)(H,25,28). The molecule has 0 radical (unpaired) electrons. The minimum Gasteiger partial charge on any atom is -0.393 e. The lowest BCUT2D eigenvalue weighted by Gasteiger charge is -2.61. The van der Waals surface area contributed by atoms with E-state index in [1.54, 1.807) is 14.0 Å². The number of amidine groups is 1.